The van der Waals surface area contributed by atoms with E-state index in [0.29, 0.717) is 18.9 Å². The number of piperidine rings is 1. The molecule has 21 heavy (non-hydrogen) atoms. The van der Waals surface area contributed by atoms with Crippen LogP contribution in [-0.2, 0) is 9.53 Å². The van der Waals surface area contributed by atoms with Crippen LogP contribution < -0.4 is 0 Å². The summed E-state index contributed by atoms with van der Waals surface area (Å²) in [7, 11) is 1.68. The Morgan fingerprint density at radius 2 is 1.95 bits per heavy atom. The predicted molar refractivity (Wildman–Crippen MR) is 83.0 cm³/mol. The number of aliphatic hydroxyl groups is 1. The normalized spacial score (nSPS) is 32.0. The highest BCUT2D eigenvalue weighted by molar-refractivity contribution is 5.77. The summed E-state index contributed by atoms with van der Waals surface area (Å²) in [6.07, 6.45) is 8.00. The van der Waals surface area contributed by atoms with Crippen molar-refractivity contribution in [2.24, 2.45) is 11.8 Å². The lowest BCUT2D eigenvalue weighted by Gasteiger charge is -2.44. The van der Waals surface area contributed by atoms with Crippen LogP contribution in [0, 0.1) is 11.8 Å². The van der Waals surface area contributed by atoms with Crippen LogP contribution in [0.4, 0.5) is 0 Å². The lowest BCUT2D eigenvalue weighted by molar-refractivity contribution is -0.139. The van der Waals surface area contributed by atoms with E-state index in [1.165, 1.54) is 12.8 Å². The van der Waals surface area contributed by atoms with E-state index in [0.717, 1.165) is 38.6 Å². The maximum absolute atomic E-state index is 12.6. The number of carbonyl (C=O) groups excluding carboxylic acids is 1. The molecule has 4 atom stereocenters. The quantitative estimate of drug-likeness (QED) is 0.848. The molecule has 1 aliphatic carbocycles. The van der Waals surface area contributed by atoms with E-state index < -0.39 is 0 Å². The summed E-state index contributed by atoms with van der Waals surface area (Å²) in [6.45, 7) is 3.57. The number of amides is 1. The molecule has 4 nitrogen and oxygen atoms in total. The second-order valence-corrected chi connectivity index (χ2v) is 6.93. The van der Waals surface area contributed by atoms with Gasteiger partial charge in [0.15, 0.2) is 0 Å². The third kappa shape index (κ3) is 4.43. The minimum Gasteiger partial charge on any atom is -0.393 e. The third-order valence-electron chi connectivity index (χ3n) is 5.12. The molecule has 0 aromatic rings. The van der Waals surface area contributed by atoms with Gasteiger partial charge in [0.2, 0.25) is 5.91 Å². The summed E-state index contributed by atoms with van der Waals surface area (Å²) in [5.74, 6) is 0.809. The second kappa shape index (κ2) is 8.14. The van der Waals surface area contributed by atoms with Gasteiger partial charge >= 0.3 is 0 Å². The van der Waals surface area contributed by atoms with E-state index in [-0.39, 0.29) is 24.0 Å². The smallest absolute Gasteiger partial charge is 0.223 e. The fourth-order valence-corrected chi connectivity index (χ4v) is 4.06. The summed E-state index contributed by atoms with van der Waals surface area (Å²) in [5, 5.41) is 10.3. The van der Waals surface area contributed by atoms with Gasteiger partial charge < -0.3 is 14.7 Å². The molecule has 2 fully saturated rings. The van der Waals surface area contributed by atoms with E-state index >= 15 is 0 Å². The average molecular weight is 297 g/mol. The minimum atomic E-state index is -0.214. The van der Waals surface area contributed by atoms with E-state index in [1.807, 2.05) is 0 Å². The highest BCUT2D eigenvalue weighted by Crippen LogP contribution is 2.34. The summed E-state index contributed by atoms with van der Waals surface area (Å²) in [5.41, 5.74) is 0. The van der Waals surface area contributed by atoms with Crippen molar-refractivity contribution in [3.63, 3.8) is 0 Å². The van der Waals surface area contributed by atoms with Crippen LogP contribution in [0.1, 0.15) is 58.3 Å². The number of ether oxygens (including phenoxy) is 1. The third-order valence-corrected chi connectivity index (χ3v) is 5.12. The Kier molecular flexibility index (Phi) is 6.49. The van der Waals surface area contributed by atoms with Crippen LogP contribution in [-0.4, -0.2) is 48.3 Å². The van der Waals surface area contributed by atoms with Gasteiger partial charge in [-0.2, -0.15) is 0 Å². The van der Waals surface area contributed by atoms with Gasteiger partial charge in [0.25, 0.3) is 0 Å². The fourth-order valence-electron chi connectivity index (χ4n) is 4.06. The molecule has 1 saturated heterocycles. The Balaban J connectivity index is 1.99. The molecule has 122 valence electrons. The number of methoxy groups -OCH3 is 1. The fraction of sp³-hybridized carbons (Fsp3) is 0.941. The van der Waals surface area contributed by atoms with E-state index in [2.05, 4.69) is 11.8 Å². The summed E-state index contributed by atoms with van der Waals surface area (Å²) >= 11 is 0. The molecule has 1 amide bonds. The molecule has 2 rings (SSSR count). The van der Waals surface area contributed by atoms with Crippen LogP contribution >= 0.6 is 0 Å². The largest absolute Gasteiger partial charge is 0.393 e. The molecular formula is C17H31NO3. The van der Waals surface area contributed by atoms with Crippen molar-refractivity contribution in [2.75, 3.05) is 20.3 Å². The molecule has 1 aliphatic heterocycles. The first-order valence-corrected chi connectivity index (χ1v) is 8.60. The Morgan fingerprint density at radius 1 is 1.24 bits per heavy atom. The first kappa shape index (κ1) is 16.8. The molecule has 2 aliphatic rings. The maximum atomic E-state index is 12.6. The van der Waals surface area contributed by atoms with E-state index in [1.54, 1.807) is 7.11 Å². The van der Waals surface area contributed by atoms with Gasteiger partial charge in [-0.15, -0.1) is 0 Å². The van der Waals surface area contributed by atoms with Gasteiger partial charge in [0.05, 0.1) is 6.10 Å². The monoisotopic (exact) mass is 297 g/mol. The van der Waals surface area contributed by atoms with Crippen molar-refractivity contribution in [3.05, 3.63) is 0 Å². The maximum Gasteiger partial charge on any atom is 0.223 e. The van der Waals surface area contributed by atoms with Crippen LogP contribution in [0.2, 0.25) is 0 Å². The first-order valence-electron chi connectivity index (χ1n) is 8.60. The molecule has 1 saturated carbocycles. The average Bonchev–Trinajstić information content (AvgIpc) is 2.48. The molecule has 4 unspecified atom stereocenters. The van der Waals surface area contributed by atoms with Crippen molar-refractivity contribution in [2.45, 2.75) is 70.4 Å². The zero-order chi connectivity index (χ0) is 15.2. The van der Waals surface area contributed by atoms with Gasteiger partial charge in [0, 0.05) is 38.6 Å². The molecule has 0 aromatic heterocycles. The molecule has 0 spiro atoms. The van der Waals surface area contributed by atoms with E-state index in [4.69, 9.17) is 4.74 Å². The Labute approximate surface area is 128 Å². The van der Waals surface area contributed by atoms with Crippen molar-refractivity contribution in [1.29, 1.82) is 0 Å². The van der Waals surface area contributed by atoms with Crippen molar-refractivity contribution >= 4 is 5.91 Å². The highest BCUT2D eigenvalue weighted by Gasteiger charge is 2.37. The van der Waals surface area contributed by atoms with Gasteiger partial charge in [0.1, 0.15) is 0 Å². The lowest BCUT2D eigenvalue weighted by atomic mass is 9.78. The molecule has 0 radical (unpaired) electrons. The number of likely N-dealkylation sites (tertiary alicyclic amines) is 1. The first-order chi connectivity index (χ1) is 10.1. The number of rotatable bonds is 5. The molecule has 0 aromatic carbocycles. The molecule has 1 heterocycles. The van der Waals surface area contributed by atoms with Crippen LogP contribution in [0.5, 0.6) is 0 Å². The summed E-state index contributed by atoms with van der Waals surface area (Å²) in [6, 6.07) is 0.260. The Bertz CT molecular complexity index is 334. The van der Waals surface area contributed by atoms with Gasteiger partial charge in [-0.25, -0.2) is 0 Å². The lowest BCUT2D eigenvalue weighted by Crippen LogP contribution is -2.51. The topological polar surface area (TPSA) is 49.8 Å². The highest BCUT2D eigenvalue weighted by atomic mass is 16.5. The van der Waals surface area contributed by atoms with E-state index in [9.17, 15) is 9.90 Å². The second-order valence-electron chi connectivity index (χ2n) is 6.93. The molecule has 4 heteroatoms. The van der Waals surface area contributed by atoms with Gasteiger partial charge in [-0.1, -0.05) is 19.8 Å². The molecular weight excluding hydrogens is 266 g/mol. The number of hydrogen-bond acceptors (Lipinski definition) is 3. The number of hydrogen-bond donors (Lipinski definition) is 1. The summed E-state index contributed by atoms with van der Waals surface area (Å²) in [4.78, 5) is 14.7. The Morgan fingerprint density at radius 3 is 2.67 bits per heavy atom. The predicted octanol–water partition coefficient (Wildman–Crippen LogP) is 2.59. The zero-order valence-corrected chi connectivity index (χ0v) is 13.6. The zero-order valence-electron chi connectivity index (χ0n) is 13.6. The van der Waals surface area contributed by atoms with Crippen molar-refractivity contribution in [3.8, 4) is 0 Å². The number of aliphatic hydroxyl groups excluding tert-OH is 1. The Hall–Kier alpha value is -0.610. The van der Waals surface area contributed by atoms with Gasteiger partial charge in [-0.05, 0) is 38.0 Å². The van der Waals surface area contributed by atoms with Crippen LogP contribution in [0.15, 0.2) is 0 Å². The van der Waals surface area contributed by atoms with Crippen molar-refractivity contribution in [1.82, 2.24) is 4.90 Å². The molecule has 0 bridgehead atoms. The minimum absolute atomic E-state index is 0.214. The summed E-state index contributed by atoms with van der Waals surface area (Å²) < 4.78 is 5.14. The standard InChI is InChI=1S/C17H31NO3/c1-13(12-21-2)11-17(20)18-10-6-5-8-15(18)14-7-3-4-9-16(14)19/h13-16,19H,3-12H2,1-2H3. The molecule has 1 N–H and O–H groups in total. The van der Waals surface area contributed by atoms with Gasteiger partial charge in [-0.3, -0.25) is 4.79 Å². The van der Waals surface area contributed by atoms with Crippen molar-refractivity contribution < 1.29 is 14.6 Å². The van der Waals surface area contributed by atoms with Crippen LogP contribution in [0.3, 0.4) is 0 Å². The SMILES string of the molecule is COCC(C)CC(=O)N1CCCCC1C1CCCCC1O. The number of nitrogens with zero attached hydrogens (tertiary/aromatic N) is 1. The van der Waals surface area contributed by atoms with Crippen LogP contribution in [0.25, 0.3) is 0 Å². The number of carbonyl (C=O) groups is 1.